The molecular formula is C10H22N2O3. The summed E-state index contributed by atoms with van der Waals surface area (Å²) in [6.45, 7) is 5.67. The highest BCUT2D eigenvalue weighted by Gasteiger charge is 2.16. The lowest BCUT2D eigenvalue weighted by Gasteiger charge is -2.30. The van der Waals surface area contributed by atoms with Gasteiger partial charge in [0.1, 0.15) is 0 Å². The fourth-order valence-corrected chi connectivity index (χ4v) is 1.56. The van der Waals surface area contributed by atoms with Crippen LogP contribution in [0.5, 0.6) is 0 Å². The fourth-order valence-electron chi connectivity index (χ4n) is 1.56. The van der Waals surface area contributed by atoms with Gasteiger partial charge in [-0.25, -0.2) is 0 Å². The molecule has 1 unspecified atom stereocenters. The van der Waals surface area contributed by atoms with E-state index in [2.05, 4.69) is 17.3 Å². The average molecular weight is 218 g/mol. The Balaban J connectivity index is 1.90. The molecule has 0 aliphatic carbocycles. The zero-order chi connectivity index (χ0) is 10.9. The summed E-state index contributed by atoms with van der Waals surface area (Å²) in [5.41, 5.74) is 0. The van der Waals surface area contributed by atoms with Gasteiger partial charge in [-0.1, -0.05) is 0 Å². The smallest absolute Gasteiger partial charge is 0.0826 e. The first-order valence-electron chi connectivity index (χ1n) is 5.52. The first-order valence-corrected chi connectivity index (χ1v) is 5.52. The summed E-state index contributed by atoms with van der Waals surface area (Å²) in [4.78, 5) is 2.28. The van der Waals surface area contributed by atoms with Crippen molar-refractivity contribution in [3.8, 4) is 0 Å². The minimum atomic E-state index is 0.0938. The van der Waals surface area contributed by atoms with Gasteiger partial charge < -0.3 is 24.8 Å². The number of nitrogens with zero attached hydrogens (tertiary/aromatic N) is 1. The van der Waals surface area contributed by atoms with Crippen molar-refractivity contribution in [2.75, 3.05) is 59.7 Å². The van der Waals surface area contributed by atoms with Crippen LogP contribution in [0, 0.1) is 0 Å². The largest absolute Gasteiger partial charge is 0.394 e. The Labute approximate surface area is 91.3 Å². The summed E-state index contributed by atoms with van der Waals surface area (Å²) in [5, 5.41) is 11.8. The Hall–Kier alpha value is -0.200. The molecule has 0 bridgehead atoms. The maximum absolute atomic E-state index is 8.48. The van der Waals surface area contributed by atoms with E-state index < -0.39 is 0 Å². The normalized spacial score (nSPS) is 23.2. The molecule has 0 saturated carbocycles. The van der Waals surface area contributed by atoms with Crippen LogP contribution in [0.3, 0.4) is 0 Å². The van der Waals surface area contributed by atoms with E-state index in [1.165, 1.54) is 0 Å². The molecule has 1 heterocycles. The van der Waals surface area contributed by atoms with E-state index in [0.717, 1.165) is 32.8 Å². The molecule has 1 aliphatic heterocycles. The molecule has 5 nitrogen and oxygen atoms in total. The monoisotopic (exact) mass is 218 g/mol. The van der Waals surface area contributed by atoms with Gasteiger partial charge in [-0.3, -0.25) is 0 Å². The van der Waals surface area contributed by atoms with Crippen LogP contribution in [-0.4, -0.2) is 75.8 Å². The van der Waals surface area contributed by atoms with Crippen molar-refractivity contribution in [1.82, 2.24) is 10.2 Å². The van der Waals surface area contributed by atoms with E-state index >= 15 is 0 Å². The highest BCUT2D eigenvalue weighted by atomic mass is 16.5. The third-order valence-electron chi connectivity index (χ3n) is 2.37. The molecule has 0 amide bonds. The number of likely N-dealkylation sites (N-methyl/N-ethyl adjacent to an activating group) is 1. The van der Waals surface area contributed by atoms with Gasteiger partial charge >= 0.3 is 0 Å². The van der Waals surface area contributed by atoms with Crippen molar-refractivity contribution >= 4 is 0 Å². The van der Waals surface area contributed by atoms with Gasteiger partial charge in [0.25, 0.3) is 0 Å². The van der Waals surface area contributed by atoms with Gasteiger partial charge in [0, 0.05) is 26.2 Å². The zero-order valence-corrected chi connectivity index (χ0v) is 9.45. The molecule has 1 fully saturated rings. The van der Waals surface area contributed by atoms with Crippen molar-refractivity contribution < 1.29 is 14.6 Å². The van der Waals surface area contributed by atoms with Gasteiger partial charge in [-0.15, -0.1) is 0 Å². The number of aliphatic hydroxyl groups excluding tert-OH is 1. The number of morpholine rings is 1. The highest BCUT2D eigenvalue weighted by molar-refractivity contribution is 4.70. The predicted octanol–water partition coefficient (Wildman–Crippen LogP) is -1.08. The Morgan fingerprint density at radius 3 is 3.13 bits per heavy atom. The van der Waals surface area contributed by atoms with E-state index in [1.807, 2.05) is 0 Å². The van der Waals surface area contributed by atoms with E-state index in [1.54, 1.807) is 0 Å². The van der Waals surface area contributed by atoms with E-state index in [9.17, 15) is 0 Å². The SMILES string of the molecule is CN1CCOC(CNCCOCCO)C1. The van der Waals surface area contributed by atoms with E-state index in [0.29, 0.717) is 19.3 Å². The van der Waals surface area contributed by atoms with Crippen LogP contribution in [-0.2, 0) is 9.47 Å². The van der Waals surface area contributed by atoms with Crippen LogP contribution < -0.4 is 5.32 Å². The highest BCUT2D eigenvalue weighted by Crippen LogP contribution is 2.00. The lowest BCUT2D eigenvalue weighted by atomic mass is 10.3. The standard InChI is InChI=1S/C10H22N2O3/c1-12-3-6-15-10(9-12)8-11-2-5-14-7-4-13/h10-11,13H,2-9H2,1H3. The van der Waals surface area contributed by atoms with Crippen molar-refractivity contribution in [3.05, 3.63) is 0 Å². The first kappa shape index (κ1) is 12.9. The maximum atomic E-state index is 8.48. The van der Waals surface area contributed by atoms with Crippen LogP contribution in [0.15, 0.2) is 0 Å². The number of aliphatic hydroxyl groups is 1. The third-order valence-corrected chi connectivity index (χ3v) is 2.37. The van der Waals surface area contributed by atoms with Crippen molar-refractivity contribution in [2.24, 2.45) is 0 Å². The molecule has 0 spiro atoms. The molecule has 0 aromatic heterocycles. The predicted molar refractivity (Wildman–Crippen MR) is 58.0 cm³/mol. The molecule has 0 aromatic rings. The lowest BCUT2D eigenvalue weighted by molar-refractivity contribution is -0.0188. The molecule has 2 N–H and O–H groups in total. The van der Waals surface area contributed by atoms with Crippen LogP contribution in [0.2, 0.25) is 0 Å². The lowest BCUT2D eigenvalue weighted by Crippen LogP contribution is -2.45. The molecule has 0 aromatic carbocycles. The molecule has 0 radical (unpaired) electrons. The molecular weight excluding hydrogens is 196 g/mol. The molecule has 90 valence electrons. The number of hydrogen-bond acceptors (Lipinski definition) is 5. The summed E-state index contributed by atoms with van der Waals surface area (Å²) in [7, 11) is 2.11. The van der Waals surface area contributed by atoms with Crippen molar-refractivity contribution in [3.63, 3.8) is 0 Å². The number of ether oxygens (including phenoxy) is 2. The van der Waals surface area contributed by atoms with Crippen LogP contribution in [0.4, 0.5) is 0 Å². The van der Waals surface area contributed by atoms with Gasteiger partial charge in [-0.2, -0.15) is 0 Å². The zero-order valence-electron chi connectivity index (χ0n) is 9.45. The van der Waals surface area contributed by atoms with Crippen LogP contribution >= 0.6 is 0 Å². The minimum Gasteiger partial charge on any atom is -0.394 e. The molecule has 1 rings (SSSR count). The molecule has 5 heteroatoms. The van der Waals surface area contributed by atoms with E-state index in [-0.39, 0.29) is 6.61 Å². The summed E-state index contributed by atoms with van der Waals surface area (Å²) >= 11 is 0. The second kappa shape index (κ2) is 8.01. The third kappa shape index (κ3) is 6.06. The summed E-state index contributed by atoms with van der Waals surface area (Å²) in [6, 6.07) is 0. The van der Waals surface area contributed by atoms with Gasteiger partial charge in [0.05, 0.1) is 32.5 Å². The average Bonchev–Trinajstić information content (AvgIpc) is 2.23. The van der Waals surface area contributed by atoms with Gasteiger partial charge in [0.2, 0.25) is 0 Å². The molecule has 1 saturated heterocycles. The topological polar surface area (TPSA) is 54.0 Å². The Morgan fingerprint density at radius 1 is 1.53 bits per heavy atom. The minimum absolute atomic E-state index is 0.0938. The number of hydrogen-bond donors (Lipinski definition) is 2. The molecule has 15 heavy (non-hydrogen) atoms. The fraction of sp³-hybridized carbons (Fsp3) is 1.00. The summed E-state index contributed by atoms with van der Waals surface area (Å²) < 4.78 is 10.7. The second-order valence-electron chi connectivity index (χ2n) is 3.80. The Bertz CT molecular complexity index is 158. The maximum Gasteiger partial charge on any atom is 0.0826 e. The van der Waals surface area contributed by atoms with E-state index in [4.69, 9.17) is 14.6 Å². The van der Waals surface area contributed by atoms with Crippen molar-refractivity contribution in [1.29, 1.82) is 0 Å². The first-order chi connectivity index (χ1) is 7.33. The van der Waals surface area contributed by atoms with Crippen LogP contribution in [0.25, 0.3) is 0 Å². The van der Waals surface area contributed by atoms with Gasteiger partial charge in [-0.05, 0) is 7.05 Å². The Morgan fingerprint density at radius 2 is 2.40 bits per heavy atom. The summed E-state index contributed by atoms with van der Waals surface area (Å²) in [5.74, 6) is 0. The van der Waals surface area contributed by atoms with Crippen LogP contribution in [0.1, 0.15) is 0 Å². The Kier molecular flexibility index (Phi) is 6.87. The second-order valence-corrected chi connectivity index (χ2v) is 3.80. The van der Waals surface area contributed by atoms with Gasteiger partial charge in [0.15, 0.2) is 0 Å². The number of nitrogens with one attached hydrogen (secondary N) is 1. The molecule has 1 aliphatic rings. The molecule has 1 atom stereocenters. The summed E-state index contributed by atoms with van der Waals surface area (Å²) in [6.07, 6.45) is 0.293. The quantitative estimate of drug-likeness (QED) is 0.532. The van der Waals surface area contributed by atoms with Crippen molar-refractivity contribution in [2.45, 2.75) is 6.10 Å². The number of rotatable bonds is 7.